The number of aromatic nitrogens is 4. The molecule has 0 aliphatic carbocycles. The van der Waals surface area contributed by atoms with Gasteiger partial charge in [0.2, 0.25) is 5.96 Å². The van der Waals surface area contributed by atoms with Gasteiger partial charge in [-0.2, -0.15) is 10.1 Å². The smallest absolute Gasteiger partial charge is 0.280 e. The highest BCUT2D eigenvalue weighted by Gasteiger charge is 2.35. The Hall–Kier alpha value is -4.15. The standard InChI is InChI=1S/C36H45N7O2Si/c1-24-9-8-10-32-30(21-38-41(32)4)31-18-29(17-26(3)39-31)35(44)40-36-42(22-24)34-19-27(28-12-11-25(2)37-20-28)13-14-33(34)43(36)23-45-15-16-46(5,6)7/h11-14,17-21,24H,8-10,15-16,22-23H2,1-7H3/t24-/m1/s1. The number of carbonyl (C=O) groups is 1. The summed E-state index contributed by atoms with van der Waals surface area (Å²) in [6.07, 6.45) is 6.69. The molecule has 1 aromatic carbocycles. The third kappa shape index (κ3) is 6.83. The molecule has 9 nitrogen and oxygen atoms in total. The van der Waals surface area contributed by atoms with E-state index in [9.17, 15) is 4.79 Å². The quantitative estimate of drug-likeness (QED) is 0.163. The van der Waals surface area contributed by atoms with E-state index in [2.05, 4.69) is 70.7 Å². The second-order valence-corrected chi connectivity index (χ2v) is 19.6. The monoisotopic (exact) mass is 635 g/mol. The third-order valence-corrected chi connectivity index (χ3v) is 10.5. The van der Waals surface area contributed by atoms with E-state index in [0.717, 1.165) is 82.7 Å². The molecule has 6 rings (SSSR count). The van der Waals surface area contributed by atoms with Crippen LogP contribution in [0.4, 0.5) is 11.4 Å². The number of rotatable bonds is 6. The first-order valence-electron chi connectivity index (χ1n) is 16.3. The molecule has 1 amide bonds. The lowest BCUT2D eigenvalue weighted by atomic mass is 9.99. The molecule has 0 fully saturated rings. The van der Waals surface area contributed by atoms with E-state index in [4.69, 9.17) is 14.7 Å². The number of hydrogen-bond acceptors (Lipinski definition) is 7. The molecule has 0 spiro atoms. The zero-order valence-corrected chi connectivity index (χ0v) is 29.2. The Balaban J connectivity index is 1.45. The Kier molecular flexibility index (Phi) is 8.94. The van der Waals surface area contributed by atoms with Gasteiger partial charge >= 0.3 is 0 Å². The Morgan fingerprint density at radius 2 is 1.76 bits per heavy atom. The minimum absolute atomic E-state index is 0.301. The normalized spacial score (nSPS) is 16.9. The lowest BCUT2D eigenvalue weighted by molar-refractivity contribution is 0.100. The van der Waals surface area contributed by atoms with Gasteiger partial charge in [0.15, 0.2) is 0 Å². The number of pyridine rings is 2. The molecule has 240 valence electrons. The van der Waals surface area contributed by atoms with Crippen LogP contribution in [0.5, 0.6) is 0 Å². The van der Waals surface area contributed by atoms with Crippen LogP contribution in [-0.4, -0.2) is 59.6 Å². The Morgan fingerprint density at radius 3 is 2.52 bits per heavy atom. The summed E-state index contributed by atoms with van der Waals surface area (Å²) in [5.74, 6) is 0.641. The van der Waals surface area contributed by atoms with Crippen molar-refractivity contribution in [2.75, 3.05) is 29.7 Å². The molecule has 2 aliphatic rings. The maximum absolute atomic E-state index is 14.1. The number of nitrogens with zero attached hydrogens (tertiary/aromatic N) is 7. The van der Waals surface area contributed by atoms with Gasteiger partial charge < -0.3 is 9.64 Å². The van der Waals surface area contributed by atoms with E-state index in [1.165, 1.54) is 0 Å². The lowest BCUT2D eigenvalue weighted by Gasteiger charge is -2.26. The number of amides is 1. The van der Waals surface area contributed by atoms with E-state index >= 15 is 0 Å². The van der Waals surface area contributed by atoms with Crippen molar-refractivity contribution < 1.29 is 9.53 Å². The van der Waals surface area contributed by atoms with Crippen molar-refractivity contribution in [1.82, 2.24) is 19.7 Å². The molecular weight excluding hydrogens is 591 g/mol. The van der Waals surface area contributed by atoms with Crippen LogP contribution in [0.25, 0.3) is 22.4 Å². The van der Waals surface area contributed by atoms with Crippen LogP contribution in [-0.2, 0) is 18.2 Å². The minimum atomic E-state index is -1.28. The number of guanidine groups is 1. The minimum Gasteiger partial charge on any atom is -0.361 e. The fourth-order valence-electron chi connectivity index (χ4n) is 6.19. The summed E-state index contributed by atoms with van der Waals surface area (Å²) in [7, 11) is 0.703. The number of benzene rings is 1. The summed E-state index contributed by atoms with van der Waals surface area (Å²) in [6, 6.07) is 15.3. The maximum atomic E-state index is 14.1. The molecule has 2 aliphatic heterocycles. The molecule has 0 saturated heterocycles. The molecule has 4 aromatic rings. The van der Waals surface area contributed by atoms with Crippen molar-refractivity contribution in [2.45, 2.75) is 65.7 Å². The highest BCUT2D eigenvalue weighted by atomic mass is 28.3. The van der Waals surface area contributed by atoms with Crippen LogP contribution in [0, 0.1) is 19.8 Å². The van der Waals surface area contributed by atoms with Crippen LogP contribution in [0.3, 0.4) is 0 Å². The lowest BCUT2D eigenvalue weighted by Crippen LogP contribution is -2.42. The topological polar surface area (TPSA) is 88.7 Å². The average Bonchev–Trinajstić information content (AvgIpc) is 3.51. The SMILES string of the molecule is Cc1ccc(-c2ccc3c(c2)N2C[C@H](C)CCCc4c(cnn4C)-c4cc(cc(C)n4)C(=O)N=C2N3COCC[Si](C)(C)C)cn1. The molecule has 1 atom stereocenters. The van der Waals surface area contributed by atoms with E-state index in [-0.39, 0.29) is 5.91 Å². The van der Waals surface area contributed by atoms with Gasteiger partial charge in [-0.3, -0.25) is 24.3 Å². The number of fused-ring (bicyclic) bond motifs is 7. The van der Waals surface area contributed by atoms with Gasteiger partial charge in [0.25, 0.3) is 5.91 Å². The Labute approximate surface area is 273 Å². The molecule has 5 heterocycles. The van der Waals surface area contributed by atoms with Crippen molar-refractivity contribution in [1.29, 1.82) is 0 Å². The van der Waals surface area contributed by atoms with Gasteiger partial charge in [-0.15, -0.1) is 0 Å². The first kappa shape index (κ1) is 31.8. The van der Waals surface area contributed by atoms with Gasteiger partial charge in [-0.25, -0.2) is 0 Å². The first-order valence-corrected chi connectivity index (χ1v) is 20.0. The molecule has 3 aromatic heterocycles. The number of hydrogen-bond donors (Lipinski definition) is 0. The predicted molar refractivity (Wildman–Crippen MR) is 188 cm³/mol. The van der Waals surface area contributed by atoms with Crippen LogP contribution in [0.15, 0.2) is 59.9 Å². The summed E-state index contributed by atoms with van der Waals surface area (Å²) < 4.78 is 8.25. The van der Waals surface area contributed by atoms with Crippen molar-refractivity contribution in [3.05, 3.63) is 77.5 Å². The van der Waals surface area contributed by atoms with Crippen LogP contribution in [0.1, 0.15) is 47.2 Å². The third-order valence-electron chi connectivity index (χ3n) is 8.85. The number of anilines is 2. The fourth-order valence-corrected chi connectivity index (χ4v) is 6.95. The molecule has 0 unspecified atom stereocenters. The summed E-state index contributed by atoms with van der Waals surface area (Å²) in [4.78, 5) is 32.6. The van der Waals surface area contributed by atoms with Gasteiger partial charge in [0, 0.05) is 68.2 Å². The first-order chi connectivity index (χ1) is 22.0. The Bertz CT molecular complexity index is 1770. The van der Waals surface area contributed by atoms with Crippen molar-refractivity contribution in [3.8, 4) is 22.4 Å². The van der Waals surface area contributed by atoms with Gasteiger partial charge in [-0.1, -0.05) is 38.7 Å². The van der Waals surface area contributed by atoms with Crippen LogP contribution in [0.2, 0.25) is 25.7 Å². The number of aryl methyl sites for hydroxylation is 3. The maximum Gasteiger partial charge on any atom is 0.280 e. The largest absolute Gasteiger partial charge is 0.361 e. The molecule has 0 N–H and O–H groups in total. The Morgan fingerprint density at radius 1 is 0.957 bits per heavy atom. The van der Waals surface area contributed by atoms with E-state index in [1.807, 2.05) is 56.2 Å². The van der Waals surface area contributed by atoms with Crippen molar-refractivity contribution in [3.63, 3.8) is 0 Å². The second-order valence-electron chi connectivity index (χ2n) is 14.0. The van der Waals surface area contributed by atoms with E-state index in [1.54, 1.807) is 0 Å². The highest BCUT2D eigenvalue weighted by molar-refractivity contribution is 6.76. The number of aliphatic imine (C=N–C) groups is 1. The summed E-state index contributed by atoms with van der Waals surface area (Å²) >= 11 is 0. The highest BCUT2D eigenvalue weighted by Crippen LogP contribution is 2.41. The van der Waals surface area contributed by atoms with Gasteiger partial charge in [0.1, 0.15) is 6.73 Å². The van der Waals surface area contributed by atoms with E-state index < -0.39 is 8.07 Å². The molecule has 10 heteroatoms. The van der Waals surface area contributed by atoms with Crippen molar-refractivity contribution >= 4 is 31.3 Å². The average molecular weight is 636 g/mol. The van der Waals surface area contributed by atoms with Crippen LogP contribution < -0.4 is 9.80 Å². The number of ether oxygens (including phenoxy) is 1. The molecule has 0 saturated carbocycles. The number of carbonyl (C=O) groups excluding carboxylic acids is 1. The predicted octanol–water partition coefficient (Wildman–Crippen LogP) is 7.27. The molecule has 2 bridgehead atoms. The zero-order chi connectivity index (χ0) is 32.6. The second kappa shape index (κ2) is 12.9. The molecule has 0 radical (unpaired) electrons. The molecular formula is C36H45N7O2Si. The summed E-state index contributed by atoms with van der Waals surface area (Å²) in [5, 5.41) is 4.55. The fraction of sp³-hybridized carbons (Fsp3) is 0.417. The van der Waals surface area contributed by atoms with Gasteiger partial charge in [-0.05, 0) is 81.0 Å². The van der Waals surface area contributed by atoms with E-state index in [0.29, 0.717) is 30.8 Å². The zero-order valence-electron chi connectivity index (χ0n) is 28.2. The molecule has 46 heavy (non-hydrogen) atoms. The van der Waals surface area contributed by atoms with Crippen molar-refractivity contribution in [2.24, 2.45) is 18.0 Å². The van der Waals surface area contributed by atoms with Gasteiger partial charge in [0.05, 0.1) is 23.3 Å². The van der Waals surface area contributed by atoms with Crippen LogP contribution >= 0.6 is 0 Å². The summed E-state index contributed by atoms with van der Waals surface area (Å²) in [5.41, 5.74) is 9.27. The summed E-state index contributed by atoms with van der Waals surface area (Å²) in [6.45, 7) is 15.0.